The molecule has 0 spiro atoms. The molecule has 0 aliphatic rings. The molecule has 21 heavy (non-hydrogen) atoms. The third-order valence-electron chi connectivity index (χ3n) is 2.97. The van der Waals surface area contributed by atoms with Crippen LogP contribution in [0, 0.1) is 11.7 Å². The van der Waals surface area contributed by atoms with Gasteiger partial charge in [-0.3, -0.25) is 4.79 Å². The fraction of sp³-hybridized carbons (Fsp3) is 0.467. The van der Waals surface area contributed by atoms with E-state index in [1.165, 1.54) is 12.1 Å². The van der Waals surface area contributed by atoms with Crippen molar-refractivity contribution in [3.8, 4) is 0 Å². The van der Waals surface area contributed by atoms with Crippen molar-refractivity contribution in [2.24, 2.45) is 11.7 Å². The summed E-state index contributed by atoms with van der Waals surface area (Å²) in [6.45, 7) is 4.34. The van der Waals surface area contributed by atoms with Crippen molar-refractivity contribution in [3.05, 3.63) is 35.6 Å². The molecular weight excluding hydrogens is 273 g/mol. The first kappa shape index (κ1) is 16.9. The fourth-order valence-electron chi connectivity index (χ4n) is 1.98. The zero-order valence-corrected chi connectivity index (χ0v) is 12.4. The van der Waals surface area contributed by atoms with Crippen LogP contribution in [-0.4, -0.2) is 24.5 Å². The lowest BCUT2D eigenvalue weighted by Crippen LogP contribution is -2.49. The number of primary amides is 1. The smallest absolute Gasteiger partial charge is 0.312 e. The maximum absolute atomic E-state index is 12.8. The molecule has 6 heteroatoms. The van der Waals surface area contributed by atoms with Crippen molar-refractivity contribution in [1.82, 2.24) is 10.6 Å². The van der Waals surface area contributed by atoms with Crippen LogP contribution in [0.1, 0.15) is 25.8 Å². The molecule has 1 rings (SSSR count). The number of benzene rings is 1. The van der Waals surface area contributed by atoms with Gasteiger partial charge in [0.25, 0.3) is 0 Å². The Labute approximate surface area is 124 Å². The first-order valence-electron chi connectivity index (χ1n) is 6.96. The zero-order chi connectivity index (χ0) is 15.8. The van der Waals surface area contributed by atoms with Crippen LogP contribution in [0.4, 0.5) is 9.18 Å². The van der Waals surface area contributed by atoms with Crippen LogP contribution < -0.4 is 16.4 Å². The second kappa shape index (κ2) is 8.24. The molecule has 1 aromatic carbocycles. The highest BCUT2D eigenvalue weighted by molar-refractivity contribution is 5.86. The monoisotopic (exact) mass is 295 g/mol. The van der Waals surface area contributed by atoms with Crippen LogP contribution in [0.5, 0.6) is 0 Å². The number of nitrogens with two attached hydrogens (primary N) is 1. The van der Waals surface area contributed by atoms with E-state index in [-0.39, 0.29) is 17.6 Å². The number of hydrogen-bond acceptors (Lipinski definition) is 2. The van der Waals surface area contributed by atoms with Crippen LogP contribution >= 0.6 is 0 Å². The molecule has 0 bridgehead atoms. The second-order valence-corrected chi connectivity index (χ2v) is 5.36. The van der Waals surface area contributed by atoms with Gasteiger partial charge in [-0.1, -0.05) is 26.0 Å². The Morgan fingerprint density at radius 3 is 2.38 bits per heavy atom. The Hall–Kier alpha value is -2.11. The van der Waals surface area contributed by atoms with E-state index in [1.807, 2.05) is 13.8 Å². The number of carbonyl (C=O) groups is 2. The van der Waals surface area contributed by atoms with Crippen LogP contribution in [0.15, 0.2) is 24.3 Å². The Morgan fingerprint density at radius 2 is 1.86 bits per heavy atom. The molecule has 0 unspecified atom stereocenters. The van der Waals surface area contributed by atoms with Crippen molar-refractivity contribution in [2.45, 2.75) is 32.7 Å². The number of urea groups is 1. The summed E-state index contributed by atoms with van der Waals surface area (Å²) in [4.78, 5) is 22.9. The van der Waals surface area contributed by atoms with E-state index in [9.17, 15) is 14.0 Å². The first-order chi connectivity index (χ1) is 9.88. The van der Waals surface area contributed by atoms with Gasteiger partial charge >= 0.3 is 6.03 Å². The van der Waals surface area contributed by atoms with E-state index in [2.05, 4.69) is 10.6 Å². The molecule has 116 valence electrons. The van der Waals surface area contributed by atoms with Gasteiger partial charge in [0.1, 0.15) is 11.9 Å². The van der Waals surface area contributed by atoms with Crippen molar-refractivity contribution in [2.75, 3.05) is 6.54 Å². The highest BCUT2D eigenvalue weighted by Crippen LogP contribution is 2.06. The molecular formula is C15H22FN3O2. The topological polar surface area (TPSA) is 84.2 Å². The molecule has 0 saturated carbocycles. The summed E-state index contributed by atoms with van der Waals surface area (Å²) in [5.74, 6) is -0.292. The molecule has 0 saturated heterocycles. The maximum atomic E-state index is 12.8. The van der Waals surface area contributed by atoms with Crippen LogP contribution in [-0.2, 0) is 11.2 Å². The average Bonchev–Trinajstić information content (AvgIpc) is 2.39. The minimum atomic E-state index is -0.714. The maximum Gasteiger partial charge on any atom is 0.312 e. The third kappa shape index (κ3) is 6.74. The molecule has 4 N–H and O–H groups in total. The molecule has 0 aliphatic heterocycles. The molecule has 0 heterocycles. The van der Waals surface area contributed by atoms with E-state index in [0.717, 1.165) is 5.56 Å². The predicted octanol–water partition coefficient (Wildman–Crippen LogP) is 1.57. The molecule has 0 radical (unpaired) electrons. The number of rotatable bonds is 7. The van der Waals surface area contributed by atoms with Gasteiger partial charge in [-0.25, -0.2) is 9.18 Å². The van der Waals surface area contributed by atoms with Gasteiger partial charge in [0.05, 0.1) is 0 Å². The van der Waals surface area contributed by atoms with E-state index in [0.29, 0.717) is 19.4 Å². The van der Waals surface area contributed by atoms with Gasteiger partial charge in [-0.15, -0.1) is 0 Å². The second-order valence-electron chi connectivity index (χ2n) is 5.36. The van der Waals surface area contributed by atoms with E-state index in [1.54, 1.807) is 12.1 Å². The van der Waals surface area contributed by atoms with Gasteiger partial charge in [0, 0.05) is 6.54 Å². The lowest BCUT2D eigenvalue weighted by molar-refractivity contribution is -0.123. The summed E-state index contributed by atoms with van der Waals surface area (Å²) in [5.41, 5.74) is 6.01. The number of halogens is 1. The molecule has 0 aromatic heterocycles. The Balaban J connectivity index is 2.45. The van der Waals surface area contributed by atoms with Crippen molar-refractivity contribution < 1.29 is 14.0 Å². The van der Waals surface area contributed by atoms with Gasteiger partial charge in [0.15, 0.2) is 0 Å². The molecule has 1 atom stereocenters. The van der Waals surface area contributed by atoms with Gasteiger partial charge in [0.2, 0.25) is 5.91 Å². The summed E-state index contributed by atoms with van der Waals surface area (Å²) in [5, 5.41) is 5.20. The number of nitrogens with one attached hydrogen (secondary N) is 2. The highest BCUT2D eigenvalue weighted by Gasteiger charge is 2.20. The molecule has 3 amide bonds. The highest BCUT2D eigenvalue weighted by atomic mass is 19.1. The third-order valence-corrected chi connectivity index (χ3v) is 2.97. The summed E-state index contributed by atoms with van der Waals surface area (Å²) < 4.78 is 12.8. The first-order valence-corrected chi connectivity index (χ1v) is 6.96. The quantitative estimate of drug-likeness (QED) is 0.713. The normalized spacial score (nSPS) is 12.0. The molecule has 0 aliphatic carbocycles. The van der Waals surface area contributed by atoms with E-state index < -0.39 is 12.1 Å². The standard InChI is InChI=1S/C15H22FN3O2/c1-10(2)9-13(19-15(17)21)14(20)18-8-7-11-3-5-12(16)6-4-11/h3-6,10,13H,7-9H2,1-2H3,(H,18,20)(H3,17,19,21)/t13-/m1/s1. The summed E-state index contributed by atoms with van der Waals surface area (Å²) >= 11 is 0. The van der Waals surface area contributed by atoms with Crippen molar-refractivity contribution in [1.29, 1.82) is 0 Å². The molecule has 5 nitrogen and oxygen atoms in total. The average molecular weight is 295 g/mol. The summed E-state index contributed by atoms with van der Waals surface area (Å²) in [7, 11) is 0. The number of carbonyl (C=O) groups excluding carboxylic acids is 2. The minimum Gasteiger partial charge on any atom is -0.354 e. The number of hydrogen-bond donors (Lipinski definition) is 3. The lowest BCUT2D eigenvalue weighted by Gasteiger charge is -2.19. The van der Waals surface area contributed by atoms with E-state index >= 15 is 0 Å². The van der Waals surface area contributed by atoms with Gasteiger partial charge in [-0.05, 0) is 36.5 Å². The van der Waals surface area contributed by atoms with Gasteiger partial charge in [-0.2, -0.15) is 0 Å². The van der Waals surface area contributed by atoms with Crippen LogP contribution in [0.25, 0.3) is 0 Å². The fourth-order valence-corrected chi connectivity index (χ4v) is 1.98. The minimum absolute atomic E-state index is 0.254. The Bertz CT molecular complexity index is 474. The SMILES string of the molecule is CC(C)C[C@@H](NC(N)=O)C(=O)NCCc1ccc(F)cc1. The molecule has 1 aromatic rings. The lowest BCUT2D eigenvalue weighted by atomic mass is 10.0. The Morgan fingerprint density at radius 1 is 1.24 bits per heavy atom. The summed E-state index contributed by atoms with van der Waals surface area (Å²) in [6.07, 6.45) is 1.11. The Kier molecular flexibility index (Phi) is 6.65. The van der Waals surface area contributed by atoms with Crippen LogP contribution in [0.2, 0.25) is 0 Å². The van der Waals surface area contributed by atoms with Crippen molar-refractivity contribution >= 4 is 11.9 Å². The largest absolute Gasteiger partial charge is 0.354 e. The van der Waals surface area contributed by atoms with Crippen molar-refractivity contribution in [3.63, 3.8) is 0 Å². The number of amides is 3. The zero-order valence-electron chi connectivity index (χ0n) is 12.4. The molecule has 0 fully saturated rings. The van der Waals surface area contributed by atoms with E-state index in [4.69, 9.17) is 5.73 Å². The predicted molar refractivity (Wildman–Crippen MR) is 79.1 cm³/mol. The summed E-state index contributed by atoms with van der Waals surface area (Å²) in [6, 6.07) is 4.77. The van der Waals surface area contributed by atoms with Crippen LogP contribution in [0.3, 0.4) is 0 Å². The van der Waals surface area contributed by atoms with Gasteiger partial charge < -0.3 is 16.4 Å².